The van der Waals surface area contributed by atoms with Crippen LogP contribution in [0.3, 0.4) is 0 Å². The van der Waals surface area contributed by atoms with Gasteiger partial charge in [0.15, 0.2) is 0 Å². The van der Waals surface area contributed by atoms with E-state index < -0.39 is 16.0 Å². The summed E-state index contributed by atoms with van der Waals surface area (Å²) in [6, 6.07) is 10.1. The molecule has 0 saturated carbocycles. The van der Waals surface area contributed by atoms with Crippen LogP contribution in [0.4, 0.5) is 0 Å². The van der Waals surface area contributed by atoms with Gasteiger partial charge in [-0.2, -0.15) is 4.31 Å². The summed E-state index contributed by atoms with van der Waals surface area (Å²) in [6.45, 7) is 3.21. The number of carbonyl (C=O) groups is 1. The fraction of sp³-hybridized carbons (Fsp3) is 0.409. The van der Waals surface area contributed by atoms with E-state index >= 15 is 0 Å². The molecule has 0 radical (unpaired) electrons. The zero-order valence-electron chi connectivity index (χ0n) is 17.0. The highest BCUT2D eigenvalue weighted by Crippen LogP contribution is 2.38. The quantitative estimate of drug-likeness (QED) is 0.637. The van der Waals surface area contributed by atoms with Gasteiger partial charge < -0.3 is 4.74 Å². The van der Waals surface area contributed by atoms with Gasteiger partial charge in [-0.25, -0.2) is 13.2 Å². The van der Waals surface area contributed by atoms with Gasteiger partial charge in [-0.05, 0) is 30.4 Å². The number of carbonyl (C=O) groups excluding carboxylic acids is 1. The molecule has 2 aliphatic heterocycles. The summed E-state index contributed by atoms with van der Waals surface area (Å²) in [5.41, 5.74) is 2.25. The van der Waals surface area contributed by atoms with Gasteiger partial charge in [0.1, 0.15) is 4.21 Å². The fourth-order valence-corrected chi connectivity index (χ4v) is 7.61. The number of methoxy groups -OCH3 is 1. The van der Waals surface area contributed by atoms with Crippen LogP contribution in [0.2, 0.25) is 0 Å². The second-order valence-corrected chi connectivity index (χ2v) is 10.8. The molecule has 0 bridgehead atoms. The van der Waals surface area contributed by atoms with Gasteiger partial charge in [0.05, 0.1) is 12.7 Å². The Labute approximate surface area is 181 Å². The Bertz CT molecular complexity index is 1040. The molecule has 1 fully saturated rings. The maximum Gasteiger partial charge on any atom is 0.340 e. The summed E-state index contributed by atoms with van der Waals surface area (Å²) < 4.78 is 33.0. The van der Waals surface area contributed by atoms with Crippen molar-refractivity contribution in [3.05, 3.63) is 58.0 Å². The smallest absolute Gasteiger partial charge is 0.340 e. The van der Waals surface area contributed by atoms with Crippen LogP contribution in [0, 0.1) is 0 Å². The molecule has 0 atom stereocenters. The molecule has 6 nitrogen and oxygen atoms in total. The first-order valence-corrected chi connectivity index (χ1v) is 12.4. The molecule has 1 saturated heterocycles. The predicted octanol–water partition coefficient (Wildman–Crippen LogP) is 3.39. The van der Waals surface area contributed by atoms with Crippen molar-refractivity contribution in [3.8, 4) is 0 Å². The molecule has 0 amide bonds. The molecule has 4 rings (SSSR count). The van der Waals surface area contributed by atoms with Gasteiger partial charge in [-0.15, -0.1) is 11.3 Å². The third-order valence-corrected chi connectivity index (χ3v) is 9.22. The highest BCUT2D eigenvalue weighted by atomic mass is 32.2. The average molecular weight is 447 g/mol. The minimum Gasteiger partial charge on any atom is -0.465 e. The standard InChI is InChI=1S/C22H26N2O4S2/c1-28-21(25)20-18-11-15-23(12-7-10-17-8-3-2-4-9-17)16-19(18)29-22(20)30(26,27)24-13-5-6-14-24/h2-4,7-10H,5-6,11-16H2,1H3/b10-7+. The zero-order valence-corrected chi connectivity index (χ0v) is 18.7. The lowest BCUT2D eigenvalue weighted by Gasteiger charge is -2.25. The summed E-state index contributed by atoms with van der Waals surface area (Å²) in [5, 5.41) is 0. The zero-order chi connectivity index (χ0) is 21.1. The van der Waals surface area contributed by atoms with Crippen LogP contribution >= 0.6 is 11.3 Å². The van der Waals surface area contributed by atoms with Gasteiger partial charge >= 0.3 is 5.97 Å². The number of fused-ring (bicyclic) bond motifs is 1. The van der Waals surface area contributed by atoms with Crippen molar-refractivity contribution in [2.75, 3.05) is 33.3 Å². The first-order valence-electron chi connectivity index (χ1n) is 10.2. The van der Waals surface area contributed by atoms with E-state index in [1.807, 2.05) is 18.2 Å². The normalized spacial score (nSPS) is 18.0. The van der Waals surface area contributed by atoms with E-state index in [9.17, 15) is 13.2 Å². The molecule has 0 N–H and O–H groups in total. The second kappa shape index (κ2) is 9.01. The van der Waals surface area contributed by atoms with E-state index in [0.29, 0.717) is 26.1 Å². The second-order valence-electron chi connectivity index (χ2n) is 7.57. The molecule has 1 aromatic heterocycles. The lowest BCUT2D eigenvalue weighted by molar-refractivity contribution is 0.0595. The molecule has 0 spiro atoms. The number of hydrogen-bond acceptors (Lipinski definition) is 6. The molecular formula is C22H26N2O4S2. The number of thiophene rings is 1. The summed E-state index contributed by atoms with van der Waals surface area (Å²) in [5.74, 6) is -0.553. The molecule has 160 valence electrons. The summed E-state index contributed by atoms with van der Waals surface area (Å²) >= 11 is 1.24. The van der Waals surface area contributed by atoms with E-state index in [0.717, 1.165) is 41.9 Å². The van der Waals surface area contributed by atoms with Crippen molar-refractivity contribution in [1.82, 2.24) is 9.21 Å². The number of hydrogen-bond donors (Lipinski definition) is 0. The largest absolute Gasteiger partial charge is 0.465 e. The first-order chi connectivity index (χ1) is 14.5. The minimum absolute atomic E-state index is 0.155. The monoisotopic (exact) mass is 446 g/mol. The van der Waals surface area contributed by atoms with Crippen LogP contribution in [0.25, 0.3) is 6.08 Å². The molecule has 30 heavy (non-hydrogen) atoms. The van der Waals surface area contributed by atoms with Crippen molar-refractivity contribution in [2.24, 2.45) is 0 Å². The van der Waals surface area contributed by atoms with Crippen LogP contribution in [0.1, 0.15) is 39.2 Å². The average Bonchev–Trinajstić information content (AvgIpc) is 3.42. The minimum atomic E-state index is -3.67. The maximum absolute atomic E-state index is 13.2. The Kier molecular flexibility index (Phi) is 6.38. The summed E-state index contributed by atoms with van der Waals surface area (Å²) in [4.78, 5) is 15.7. The van der Waals surface area contributed by atoms with Crippen molar-refractivity contribution in [3.63, 3.8) is 0 Å². The number of sulfonamides is 1. The van der Waals surface area contributed by atoms with Crippen LogP contribution in [0.5, 0.6) is 0 Å². The van der Waals surface area contributed by atoms with Gasteiger partial charge in [-0.1, -0.05) is 42.5 Å². The molecule has 2 aromatic rings. The van der Waals surface area contributed by atoms with Crippen LogP contribution < -0.4 is 0 Å². The van der Waals surface area contributed by atoms with Gasteiger partial charge in [0, 0.05) is 37.6 Å². The number of ether oxygens (including phenoxy) is 1. The van der Waals surface area contributed by atoms with Crippen molar-refractivity contribution < 1.29 is 17.9 Å². The van der Waals surface area contributed by atoms with Gasteiger partial charge in [0.25, 0.3) is 10.0 Å². The van der Waals surface area contributed by atoms with Crippen molar-refractivity contribution >= 4 is 33.4 Å². The van der Waals surface area contributed by atoms with Crippen LogP contribution in [0.15, 0.2) is 40.6 Å². The predicted molar refractivity (Wildman–Crippen MR) is 118 cm³/mol. The fourth-order valence-electron chi connectivity index (χ4n) is 4.03. The molecule has 0 aliphatic carbocycles. The van der Waals surface area contributed by atoms with Crippen LogP contribution in [-0.4, -0.2) is 56.9 Å². The third kappa shape index (κ3) is 4.23. The molecule has 3 heterocycles. The Morgan fingerprint density at radius 2 is 1.90 bits per heavy atom. The number of benzene rings is 1. The van der Waals surface area contributed by atoms with E-state index in [2.05, 4.69) is 29.2 Å². The van der Waals surface area contributed by atoms with Crippen molar-refractivity contribution in [1.29, 1.82) is 0 Å². The maximum atomic E-state index is 13.2. The Hall–Kier alpha value is -2.00. The number of nitrogens with zero attached hydrogens (tertiary/aromatic N) is 2. The number of esters is 1. The Balaban J connectivity index is 1.57. The summed E-state index contributed by atoms with van der Waals surface area (Å²) in [6.07, 6.45) is 6.58. The molecule has 2 aliphatic rings. The number of rotatable bonds is 6. The molecule has 0 unspecified atom stereocenters. The van der Waals surface area contributed by atoms with Crippen LogP contribution in [-0.2, 0) is 27.7 Å². The first kappa shape index (κ1) is 21.2. The van der Waals surface area contributed by atoms with Gasteiger partial charge in [0.2, 0.25) is 0 Å². The summed E-state index contributed by atoms with van der Waals surface area (Å²) in [7, 11) is -2.36. The molecule has 1 aromatic carbocycles. The highest BCUT2D eigenvalue weighted by molar-refractivity contribution is 7.91. The SMILES string of the molecule is COC(=O)c1c(S(=O)(=O)N2CCCC2)sc2c1CCN(C/C=C/c1ccccc1)C2. The van der Waals surface area contributed by atoms with E-state index in [-0.39, 0.29) is 9.77 Å². The highest BCUT2D eigenvalue weighted by Gasteiger charge is 2.37. The lowest BCUT2D eigenvalue weighted by atomic mass is 10.0. The molecular weight excluding hydrogens is 420 g/mol. The van der Waals surface area contributed by atoms with E-state index in [1.54, 1.807) is 0 Å². The van der Waals surface area contributed by atoms with Gasteiger partial charge in [-0.3, -0.25) is 4.90 Å². The van der Waals surface area contributed by atoms with E-state index in [4.69, 9.17) is 4.74 Å². The third-order valence-electron chi connectivity index (χ3n) is 5.61. The Morgan fingerprint density at radius 3 is 2.60 bits per heavy atom. The topological polar surface area (TPSA) is 66.9 Å². The lowest BCUT2D eigenvalue weighted by Crippen LogP contribution is -2.30. The Morgan fingerprint density at radius 1 is 1.17 bits per heavy atom. The van der Waals surface area contributed by atoms with E-state index in [1.165, 1.54) is 22.8 Å². The molecule has 8 heteroatoms. The van der Waals surface area contributed by atoms with Crippen molar-refractivity contribution in [2.45, 2.75) is 30.0 Å².